The van der Waals surface area contributed by atoms with E-state index in [2.05, 4.69) is 65.6 Å². The number of nitrogens with two attached hydrogens (primary N) is 2. The van der Waals surface area contributed by atoms with E-state index in [-0.39, 0.29) is 136 Å². The minimum Gasteiger partial charge on any atom is -0.422 e. The molecule has 4 aromatic heterocycles. The third kappa shape index (κ3) is 23.1. The zero-order chi connectivity index (χ0) is 54.2. The molecule has 1 aliphatic rings. The van der Waals surface area contributed by atoms with Gasteiger partial charge < -0.3 is 54.1 Å². The molecule has 0 aromatic carbocycles. The molecule has 4 aromatic rings. The van der Waals surface area contributed by atoms with Gasteiger partial charge in [-0.1, -0.05) is 118 Å². The van der Waals surface area contributed by atoms with Gasteiger partial charge in [-0.05, 0) is 69.6 Å². The number of rotatable bonds is 42. The van der Waals surface area contributed by atoms with Gasteiger partial charge in [0, 0.05) is 71.4 Å². The van der Waals surface area contributed by atoms with Crippen LogP contribution < -0.4 is 128 Å². The van der Waals surface area contributed by atoms with Crippen LogP contribution in [-0.2, 0) is 47.5 Å². The predicted octanol–water partition coefficient (Wildman–Crippen LogP) is 5.28. The Labute approximate surface area is 560 Å². The van der Waals surface area contributed by atoms with Gasteiger partial charge in [-0.15, -0.1) is 12.1 Å². The molecule has 17 nitrogen and oxygen atoms in total. The molecule has 0 spiro atoms. The van der Waals surface area contributed by atoms with Crippen LogP contribution in [0.3, 0.4) is 0 Å². The fraction of sp³-hybridized carbons (Fsp3) is 0.724. The van der Waals surface area contributed by atoms with Crippen molar-refractivity contribution in [2.45, 2.75) is 194 Å². The van der Waals surface area contributed by atoms with Crippen molar-refractivity contribution in [2.24, 2.45) is 0 Å². The number of hydrogen-bond acceptors (Lipinski definition) is 15. The first-order chi connectivity index (χ1) is 36.7. The van der Waals surface area contributed by atoms with Crippen molar-refractivity contribution in [1.29, 1.82) is 0 Å². The van der Waals surface area contributed by atoms with Crippen LogP contribution in [0.5, 0.6) is 0 Å². The minimum atomic E-state index is -1.29. The van der Waals surface area contributed by atoms with E-state index in [1.54, 1.807) is 29.0 Å². The van der Waals surface area contributed by atoms with Crippen molar-refractivity contribution < 1.29 is 169 Å². The van der Waals surface area contributed by atoms with Crippen LogP contribution in [0.4, 0.5) is 11.4 Å². The molecule has 1 aliphatic heterocycles. The number of nitrogens with zero attached hydrogens (tertiary/aromatic N) is 4. The van der Waals surface area contributed by atoms with E-state index in [0.29, 0.717) is 83.5 Å². The van der Waals surface area contributed by atoms with Crippen LogP contribution >= 0.6 is 0 Å². The predicted molar refractivity (Wildman–Crippen MR) is 297 cm³/mol. The average molecular weight is 1230 g/mol. The summed E-state index contributed by atoms with van der Waals surface area (Å²) in [5, 5.41) is 19.5. The van der Waals surface area contributed by atoms with Crippen molar-refractivity contribution in [2.75, 3.05) is 90.7 Å². The normalized spacial score (nSPS) is 16.0. The van der Waals surface area contributed by atoms with E-state index in [9.17, 15) is 5.26 Å². The number of anilines is 2. The Morgan fingerprint density at radius 3 is 1.58 bits per heavy atom. The third-order valence-corrected chi connectivity index (χ3v) is 13.3. The molecule has 4 atom stereocenters. The second-order valence-corrected chi connectivity index (χ2v) is 19.7. The molecule has 5 N–H and O–H groups in total. The first-order valence-electron chi connectivity index (χ1n) is 28.6. The molecule has 19 heteroatoms. The van der Waals surface area contributed by atoms with Gasteiger partial charge in [0.1, 0.15) is 17.8 Å². The maximum Gasteiger partial charge on any atom is 1.00 e. The second-order valence-electron chi connectivity index (χ2n) is 19.7. The van der Waals surface area contributed by atoms with Gasteiger partial charge in [0.2, 0.25) is 0 Å². The van der Waals surface area contributed by atoms with Crippen molar-refractivity contribution in [3.05, 3.63) is 72.7 Å². The smallest absolute Gasteiger partial charge is 0.422 e. The van der Waals surface area contributed by atoms with Gasteiger partial charge >= 0.3 is 116 Å². The molecular weight excluding hydrogens is 1130 g/mol. The number of hydrogen-bond donors (Lipinski definition) is 3. The molecule has 0 amide bonds. The number of fused-ring (bicyclic) bond motifs is 2. The van der Waals surface area contributed by atoms with E-state index in [4.69, 9.17) is 59.0 Å². The summed E-state index contributed by atoms with van der Waals surface area (Å²) in [6.07, 6.45) is 19.7. The van der Waals surface area contributed by atoms with Crippen molar-refractivity contribution in [1.82, 2.24) is 19.2 Å². The molecule has 0 unspecified atom stereocenters. The molecule has 77 heavy (non-hydrogen) atoms. The minimum absolute atomic E-state index is 0. The van der Waals surface area contributed by atoms with Crippen LogP contribution in [0.2, 0.25) is 0 Å². The Balaban J connectivity index is 0.000000513. The van der Waals surface area contributed by atoms with Gasteiger partial charge in [0.15, 0.2) is 5.60 Å². The molecule has 428 valence electrons. The molecule has 5 rings (SSSR count). The summed E-state index contributed by atoms with van der Waals surface area (Å²) in [6, 6.07) is 11.4. The Bertz CT molecular complexity index is 2060. The summed E-state index contributed by atoms with van der Waals surface area (Å²) in [6.45, 7) is 22.7. The van der Waals surface area contributed by atoms with E-state index in [0.717, 1.165) is 125 Å². The Kier molecular flexibility index (Phi) is 40.4. The van der Waals surface area contributed by atoms with Crippen molar-refractivity contribution >= 4 is 22.4 Å². The van der Waals surface area contributed by atoms with Crippen LogP contribution in [-0.4, -0.2) is 139 Å². The summed E-state index contributed by atoms with van der Waals surface area (Å²) in [5.74, 6) is 0. The number of ether oxygens (including phenoxy) is 9. The van der Waals surface area contributed by atoms with Gasteiger partial charge in [0.25, 0.3) is 0 Å². The largest absolute Gasteiger partial charge is 1.00 e. The molecule has 0 radical (unpaired) electrons. The van der Waals surface area contributed by atoms with Crippen LogP contribution in [0.25, 0.3) is 11.0 Å². The maximum absolute atomic E-state index is 10.4. The standard InChI is InChI=1S/C29H50N3O6.C29H48N3O5.2Rb/c1-5-9-17-34-22-29(38-33,23-35-18-10-6-2)28(37-20-12-8-4)27(36-19-11-7-3)21-24-13-14-26-25(30)15-16-31-32(24)26;1-5-9-17-33-21-29(22-34-18-10-6-2)28(36-20-12-8-4)27(35-19-11-7-3)26(37-29)25-14-13-24-23(30)15-16-31-32(24)25;;/h13-16,21,27-28,33H,5-12,17-20,22-23,30H2,1-4H3;13-16,27-28H,5-12,17-22,30H2,1-4H3;;/q2*-1;2*+1/t2*27-,28-;;/m00../s1. The summed E-state index contributed by atoms with van der Waals surface area (Å²) in [5.41, 5.74) is 14.9. The van der Waals surface area contributed by atoms with E-state index in [1.807, 2.05) is 35.2 Å². The second kappa shape index (κ2) is 42.7. The van der Waals surface area contributed by atoms with Crippen LogP contribution in [0.15, 0.2) is 48.8 Å². The Morgan fingerprint density at radius 2 is 1.05 bits per heavy atom. The molecule has 1 fully saturated rings. The average Bonchev–Trinajstić information content (AvgIpc) is 4.13. The summed E-state index contributed by atoms with van der Waals surface area (Å²) < 4.78 is 61.0. The molecule has 0 saturated carbocycles. The van der Waals surface area contributed by atoms with E-state index in [1.165, 1.54) is 0 Å². The topological polar surface area (TPSA) is 199 Å². The molecular formula is C58H98N6O11Rb2. The first-order valence-corrected chi connectivity index (χ1v) is 28.6. The summed E-state index contributed by atoms with van der Waals surface area (Å²) in [7, 11) is 0. The molecule has 1 saturated heterocycles. The number of nitrogen functional groups attached to an aromatic ring is 2. The van der Waals surface area contributed by atoms with Crippen LogP contribution in [0, 0.1) is 12.5 Å². The van der Waals surface area contributed by atoms with Gasteiger partial charge in [-0.25, -0.2) is 4.89 Å². The molecule has 0 bridgehead atoms. The van der Waals surface area contributed by atoms with Crippen LogP contribution in [0.1, 0.15) is 170 Å². The molecule has 0 aliphatic carbocycles. The van der Waals surface area contributed by atoms with E-state index < -0.39 is 29.5 Å². The summed E-state index contributed by atoms with van der Waals surface area (Å²) >= 11 is 0. The van der Waals surface area contributed by atoms with Gasteiger partial charge in [-0.2, -0.15) is 28.8 Å². The van der Waals surface area contributed by atoms with Crippen molar-refractivity contribution in [3.63, 3.8) is 0 Å². The third-order valence-electron chi connectivity index (χ3n) is 13.3. The Morgan fingerprint density at radius 1 is 0.597 bits per heavy atom. The monoisotopic (exact) mass is 1220 g/mol. The first kappa shape index (κ1) is 73.0. The Hall–Kier alpha value is -0.110. The van der Waals surface area contributed by atoms with Gasteiger partial charge in [0.05, 0.1) is 54.9 Å². The zero-order valence-electron chi connectivity index (χ0n) is 49.3. The van der Waals surface area contributed by atoms with Crippen molar-refractivity contribution in [3.8, 4) is 0 Å². The van der Waals surface area contributed by atoms with Gasteiger partial charge in [-0.3, -0.25) is 14.3 Å². The number of aromatic nitrogens is 4. The molecule has 5 heterocycles. The number of unbranched alkanes of at least 4 members (excludes halogenated alkanes) is 8. The maximum atomic E-state index is 10.4. The summed E-state index contributed by atoms with van der Waals surface area (Å²) in [4.78, 5) is 5.29. The van der Waals surface area contributed by atoms with E-state index >= 15 is 0 Å². The quantitative estimate of drug-likeness (QED) is 0.0224. The zero-order valence-corrected chi connectivity index (χ0v) is 59.1. The fourth-order valence-corrected chi connectivity index (χ4v) is 8.66. The fourth-order valence-electron chi connectivity index (χ4n) is 8.66. The SMILES string of the molecule is CCCCOCC(COCCCC)(OO)[C@@H](OCCCC)[C@H]([CH-]c1ccc2c(N)ccnn12)OCCCC.CCCCOCC1(COCCCC)O[C-](c2ccc3c(N)ccnn23)[C@H](OCCCC)[C@@H]1OCCCC.[Rb+].[Rb+].